The Hall–Kier alpha value is -3.17. The molecule has 2 aliphatic rings. The van der Waals surface area contributed by atoms with E-state index < -0.39 is 0 Å². The van der Waals surface area contributed by atoms with Crippen LogP contribution in [0.5, 0.6) is 0 Å². The maximum atomic E-state index is 12.4. The molecule has 2 fully saturated rings. The first-order valence-electron chi connectivity index (χ1n) is 9.47. The normalized spacial score (nSPS) is 17.6. The largest absolute Gasteiger partial charge is 0.459 e. The Kier molecular flexibility index (Phi) is 5.09. The number of nitro groups is 1. The van der Waals surface area contributed by atoms with Crippen LogP contribution in [0.3, 0.4) is 0 Å². The maximum absolute atomic E-state index is 12.4. The zero-order chi connectivity index (χ0) is 19.5. The molecule has 2 aliphatic heterocycles. The second-order valence-corrected chi connectivity index (χ2v) is 6.93. The number of hydrogen-bond donors (Lipinski definition) is 0. The number of furan rings is 1. The Balaban J connectivity index is 1.53. The summed E-state index contributed by atoms with van der Waals surface area (Å²) in [7, 11) is 0. The van der Waals surface area contributed by atoms with Gasteiger partial charge < -0.3 is 19.1 Å². The Morgan fingerprint density at radius 2 is 1.64 bits per heavy atom. The van der Waals surface area contributed by atoms with E-state index >= 15 is 0 Å². The first-order valence-corrected chi connectivity index (χ1v) is 9.47. The van der Waals surface area contributed by atoms with Crippen molar-refractivity contribution in [2.75, 3.05) is 49.1 Å². The van der Waals surface area contributed by atoms with Crippen LogP contribution < -0.4 is 9.80 Å². The maximum Gasteiger partial charge on any atom is 0.353 e. The smallest absolute Gasteiger partial charge is 0.353 e. The van der Waals surface area contributed by atoms with Gasteiger partial charge in [0, 0.05) is 39.3 Å². The fraction of sp³-hybridized carbons (Fsp3) is 0.500. The van der Waals surface area contributed by atoms with E-state index in [2.05, 4.69) is 9.97 Å². The van der Waals surface area contributed by atoms with Crippen LogP contribution in [0, 0.1) is 10.1 Å². The van der Waals surface area contributed by atoms with Gasteiger partial charge in [-0.3, -0.25) is 14.9 Å². The Bertz CT molecular complexity index is 842. The lowest BCUT2D eigenvalue weighted by Crippen LogP contribution is -2.49. The van der Waals surface area contributed by atoms with Gasteiger partial charge in [-0.2, -0.15) is 0 Å². The highest BCUT2D eigenvalue weighted by atomic mass is 16.6. The van der Waals surface area contributed by atoms with E-state index in [0.29, 0.717) is 43.6 Å². The highest BCUT2D eigenvalue weighted by Crippen LogP contribution is 2.35. The number of amides is 1. The molecular weight excluding hydrogens is 364 g/mol. The van der Waals surface area contributed by atoms with E-state index in [9.17, 15) is 14.9 Å². The van der Waals surface area contributed by atoms with Gasteiger partial charge in [-0.15, -0.1) is 0 Å². The standard InChI is InChI=1S/C18H22N6O4/c25-18(14-5-4-12-28-14)23-10-8-22(9-11-23)17-15(24(26)27)16(19-13-20-17)21-6-2-1-3-7-21/h4-5,12-13H,1-3,6-11H2. The molecule has 4 heterocycles. The predicted molar refractivity (Wildman–Crippen MR) is 102 cm³/mol. The minimum absolute atomic E-state index is 0.0461. The zero-order valence-electron chi connectivity index (χ0n) is 15.5. The number of nitrogens with zero attached hydrogens (tertiary/aromatic N) is 6. The quantitative estimate of drug-likeness (QED) is 0.579. The van der Waals surface area contributed by atoms with Crippen LogP contribution in [-0.4, -0.2) is 65.0 Å². The minimum atomic E-state index is -0.389. The zero-order valence-corrected chi connectivity index (χ0v) is 15.5. The van der Waals surface area contributed by atoms with Gasteiger partial charge >= 0.3 is 5.69 Å². The summed E-state index contributed by atoms with van der Waals surface area (Å²) < 4.78 is 5.17. The van der Waals surface area contributed by atoms with Gasteiger partial charge in [0.05, 0.1) is 11.2 Å². The average Bonchev–Trinajstić information content (AvgIpc) is 3.28. The lowest BCUT2D eigenvalue weighted by atomic mass is 10.1. The number of carbonyl (C=O) groups excluding carboxylic acids is 1. The molecule has 0 N–H and O–H groups in total. The predicted octanol–water partition coefficient (Wildman–Crippen LogP) is 1.93. The third-order valence-corrected chi connectivity index (χ3v) is 5.22. The molecule has 0 spiro atoms. The summed E-state index contributed by atoms with van der Waals surface area (Å²) in [4.78, 5) is 37.8. The van der Waals surface area contributed by atoms with Crippen LogP contribution in [0.1, 0.15) is 29.8 Å². The van der Waals surface area contributed by atoms with Crippen molar-refractivity contribution in [3.63, 3.8) is 0 Å². The molecule has 148 valence electrons. The van der Waals surface area contributed by atoms with Crippen molar-refractivity contribution in [2.24, 2.45) is 0 Å². The number of rotatable bonds is 4. The van der Waals surface area contributed by atoms with E-state index in [1.165, 1.54) is 12.6 Å². The molecule has 0 saturated carbocycles. The fourth-order valence-corrected chi connectivity index (χ4v) is 3.77. The lowest BCUT2D eigenvalue weighted by Gasteiger charge is -2.35. The van der Waals surface area contributed by atoms with E-state index in [1.54, 1.807) is 17.0 Å². The van der Waals surface area contributed by atoms with Crippen LogP contribution in [-0.2, 0) is 0 Å². The molecule has 28 heavy (non-hydrogen) atoms. The van der Waals surface area contributed by atoms with Gasteiger partial charge in [-0.05, 0) is 31.4 Å². The fourth-order valence-electron chi connectivity index (χ4n) is 3.77. The third kappa shape index (κ3) is 3.49. The summed E-state index contributed by atoms with van der Waals surface area (Å²) in [5.41, 5.74) is -0.0461. The van der Waals surface area contributed by atoms with Gasteiger partial charge in [0.15, 0.2) is 5.76 Å². The Morgan fingerprint density at radius 1 is 1.00 bits per heavy atom. The summed E-state index contributed by atoms with van der Waals surface area (Å²) in [6.45, 7) is 3.35. The topological polar surface area (TPSA) is 109 Å². The molecule has 0 aromatic carbocycles. The van der Waals surface area contributed by atoms with E-state index in [0.717, 1.165) is 32.4 Å². The molecule has 1 amide bonds. The van der Waals surface area contributed by atoms with E-state index in [-0.39, 0.29) is 16.5 Å². The summed E-state index contributed by atoms with van der Waals surface area (Å²) >= 11 is 0. The highest BCUT2D eigenvalue weighted by molar-refractivity contribution is 5.91. The average molecular weight is 386 g/mol. The van der Waals surface area contributed by atoms with E-state index in [1.807, 2.05) is 9.80 Å². The Labute approximate surface area is 161 Å². The molecule has 0 bridgehead atoms. The number of hydrogen-bond acceptors (Lipinski definition) is 8. The number of piperidine rings is 1. The Morgan fingerprint density at radius 3 is 2.21 bits per heavy atom. The van der Waals surface area contributed by atoms with Crippen molar-refractivity contribution >= 4 is 23.2 Å². The first-order chi connectivity index (χ1) is 13.6. The molecule has 2 aromatic rings. The van der Waals surface area contributed by atoms with Crippen molar-refractivity contribution < 1.29 is 14.1 Å². The summed E-state index contributed by atoms with van der Waals surface area (Å²) in [5, 5.41) is 11.9. The summed E-state index contributed by atoms with van der Waals surface area (Å²) in [6, 6.07) is 3.31. The molecule has 0 atom stereocenters. The minimum Gasteiger partial charge on any atom is -0.459 e. The van der Waals surface area contributed by atoms with Crippen molar-refractivity contribution in [2.45, 2.75) is 19.3 Å². The monoisotopic (exact) mass is 386 g/mol. The molecular formula is C18H22N6O4. The number of aromatic nitrogens is 2. The number of carbonyl (C=O) groups is 1. The van der Waals surface area contributed by atoms with Crippen LogP contribution in [0.4, 0.5) is 17.3 Å². The molecule has 0 unspecified atom stereocenters. The van der Waals surface area contributed by atoms with Gasteiger partial charge in [0.1, 0.15) is 6.33 Å². The van der Waals surface area contributed by atoms with Gasteiger partial charge in [0.25, 0.3) is 5.91 Å². The SMILES string of the molecule is O=C(c1ccco1)N1CCN(c2ncnc(N3CCCCC3)c2[N+](=O)[O-])CC1. The summed E-state index contributed by atoms with van der Waals surface area (Å²) in [5.74, 6) is 0.846. The molecule has 10 nitrogen and oxygen atoms in total. The van der Waals surface area contributed by atoms with Crippen LogP contribution in [0.2, 0.25) is 0 Å². The second-order valence-electron chi connectivity index (χ2n) is 6.93. The molecule has 2 aromatic heterocycles. The molecule has 0 aliphatic carbocycles. The molecule has 2 saturated heterocycles. The molecule has 4 rings (SSSR count). The molecule has 0 radical (unpaired) electrons. The molecule has 10 heteroatoms. The number of anilines is 2. The van der Waals surface area contributed by atoms with Crippen LogP contribution in [0.15, 0.2) is 29.1 Å². The van der Waals surface area contributed by atoms with Gasteiger partial charge in [-0.1, -0.05) is 0 Å². The van der Waals surface area contributed by atoms with E-state index in [4.69, 9.17) is 4.42 Å². The van der Waals surface area contributed by atoms with Crippen molar-refractivity contribution in [3.8, 4) is 0 Å². The first kappa shape index (κ1) is 18.2. The highest BCUT2D eigenvalue weighted by Gasteiger charge is 2.33. The third-order valence-electron chi connectivity index (χ3n) is 5.22. The summed E-state index contributed by atoms with van der Waals surface area (Å²) in [6.07, 6.45) is 6.00. The van der Waals surface area contributed by atoms with Crippen LogP contribution in [0.25, 0.3) is 0 Å². The van der Waals surface area contributed by atoms with Crippen molar-refractivity contribution in [1.29, 1.82) is 0 Å². The second kappa shape index (κ2) is 7.83. The van der Waals surface area contributed by atoms with Gasteiger partial charge in [0.2, 0.25) is 11.6 Å². The van der Waals surface area contributed by atoms with Crippen LogP contribution >= 0.6 is 0 Å². The van der Waals surface area contributed by atoms with Gasteiger partial charge in [-0.25, -0.2) is 9.97 Å². The lowest BCUT2D eigenvalue weighted by molar-refractivity contribution is -0.383. The van der Waals surface area contributed by atoms with Crippen molar-refractivity contribution in [1.82, 2.24) is 14.9 Å². The van der Waals surface area contributed by atoms with Crippen molar-refractivity contribution in [3.05, 3.63) is 40.6 Å². The number of piperazine rings is 1.